The summed E-state index contributed by atoms with van der Waals surface area (Å²) in [6, 6.07) is 10.1. The van der Waals surface area contributed by atoms with Crippen molar-refractivity contribution in [3.63, 3.8) is 0 Å². The predicted molar refractivity (Wildman–Crippen MR) is 80.0 cm³/mol. The molecule has 0 spiro atoms. The van der Waals surface area contributed by atoms with Gasteiger partial charge in [-0.15, -0.1) is 0 Å². The average Bonchev–Trinajstić information content (AvgIpc) is 3.19. The number of rotatable bonds is 2. The lowest BCUT2D eigenvalue weighted by Crippen LogP contribution is -2.00. The number of nitrogens with zero attached hydrogens (tertiary/aromatic N) is 4. The standard InChI is InChI=1S/C15H10N4S/c1-2-4-13-12(3-1)15(19-7-6-16-10-19)18-14(17-13)11-5-8-20-9-11/h1-10H. The van der Waals surface area contributed by atoms with Crippen molar-refractivity contribution in [2.24, 2.45) is 0 Å². The number of thiophene rings is 1. The van der Waals surface area contributed by atoms with Gasteiger partial charge in [0.25, 0.3) is 0 Å². The zero-order valence-electron chi connectivity index (χ0n) is 10.5. The quantitative estimate of drug-likeness (QED) is 0.563. The molecule has 5 heteroatoms. The van der Waals surface area contributed by atoms with Crippen molar-refractivity contribution in [3.05, 3.63) is 59.8 Å². The molecule has 0 amide bonds. The number of fused-ring (bicyclic) bond motifs is 1. The molecule has 0 aliphatic heterocycles. The van der Waals surface area contributed by atoms with Gasteiger partial charge in [0, 0.05) is 28.7 Å². The Kier molecular flexibility index (Phi) is 2.57. The Hall–Kier alpha value is -2.53. The fourth-order valence-corrected chi connectivity index (χ4v) is 2.80. The van der Waals surface area contributed by atoms with Gasteiger partial charge >= 0.3 is 0 Å². The first kappa shape index (κ1) is 11.3. The molecule has 4 nitrogen and oxygen atoms in total. The molecule has 0 radical (unpaired) electrons. The summed E-state index contributed by atoms with van der Waals surface area (Å²) in [6.45, 7) is 0. The lowest BCUT2D eigenvalue weighted by molar-refractivity contribution is 0.997. The number of para-hydroxylation sites is 1. The molecule has 0 saturated carbocycles. The third-order valence-electron chi connectivity index (χ3n) is 3.11. The van der Waals surface area contributed by atoms with Crippen LogP contribution >= 0.6 is 11.3 Å². The molecule has 0 unspecified atom stereocenters. The Morgan fingerprint density at radius 1 is 1.05 bits per heavy atom. The van der Waals surface area contributed by atoms with Crippen LogP contribution in [0.5, 0.6) is 0 Å². The minimum absolute atomic E-state index is 0.744. The first-order valence-corrected chi connectivity index (χ1v) is 7.14. The molecule has 0 aliphatic rings. The fourth-order valence-electron chi connectivity index (χ4n) is 2.16. The summed E-state index contributed by atoms with van der Waals surface area (Å²) < 4.78 is 1.92. The molecule has 4 rings (SSSR count). The van der Waals surface area contributed by atoms with Crippen LogP contribution in [-0.4, -0.2) is 19.5 Å². The van der Waals surface area contributed by atoms with Crippen LogP contribution in [0.15, 0.2) is 59.8 Å². The van der Waals surface area contributed by atoms with Gasteiger partial charge in [-0.25, -0.2) is 15.0 Å². The minimum atomic E-state index is 0.744. The second-order valence-corrected chi connectivity index (χ2v) is 5.15. The highest BCUT2D eigenvalue weighted by atomic mass is 32.1. The Morgan fingerprint density at radius 3 is 2.80 bits per heavy atom. The van der Waals surface area contributed by atoms with Crippen molar-refractivity contribution in [2.45, 2.75) is 0 Å². The molecule has 0 bridgehead atoms. The zero-order valence-corrected chi connectivity index (χ0v) is 11.3. The summed E-state index contributed by atoms with van der Waals surface area (Å²) in [5, 5.41) is 5.11. The van der Waals surface area contributed by atoms with Gasteiger partial charge in [-0.1, -0.05) is 12.1 Å². The first-order valence-electron chi connectivity index (χ1n) is 6.19. The monoisotopic (exact) mass is 278 g/mol. The third-order valence-corrected chi connectivity index (χ3v) is 3.79. The summed E-state index contributed by atoms with van der Waals surface area (Å²) in [5.74, 6) is 1.60. The van der Waals surface area contributed by atoms with Crippen LogP contribution in [0.25, 0.3) is 28.1 Å². The lowest BCUT2D eigenvalue weighted by Gasteiger charge is -2.08. The Bertz CT molecular complexity index is 851. The highest BCUT2D eigenvalue weighted by Crippen LogP contribution is 2.25. The van der Waals surface area contributed by atoms with E-state index in [0.29, 0.717) is 0 Å². The van der Waals surface area contributed by atoms with E-state index < -0.39 is 0 Å². The molecule has 3 heterocycles. The molecular weight excluding hydrogens is 268 g/mol. The summed E-state index contributed by atoms with van der Waals surface area (Å²) in [4.78, 5) is 13.5. The molecule has 1 aromatic carbocycles. The molecule has 4 aromatic rings. The lowest BCUT2D eigenvalue weighted by atomic mass is 10.2. The maximum atomic E-state index is 4.70. The fraction of sp³-hybridized carbons (Fsp3) is 0. The molecule has 3 aromatic heterocycles. The second kappa shape index (κ2) is 4.54. The van der Waals surface area contributed by atoms with E-state index in [9.17, 15) is 0 Å². The van der Waals surface area contributed by atoms with E-state index in [1.54, 1.807) is 23.9 Å². The van der Waals surface area contributed by atoms with Crippen LogP contribution in [0.4, 0.5) is 0 Å². The smallest absolute Gasteiger partial charge is 0.163 e. The van der Waals surface area contributed by atoms with E-state index in [-0.39, 0.29) is 0 Å². The molecule has 0 fully saturated rings. The van der Waals surface area contributed by atoms with E-state index in [4.69, 9.17) is 4.98 Å². The SMILES string of the molecule is c1ccc2c(-n3ccnc3)nc(-c3ccsc3)nc2c1. The highest BCUT2D eigenvalue weighted by Gasteiger charge is 2.10. The second-order valence-electron chi connectivity index (χ2n) is 4.37. The molecule has 0 atom stereocenters. The number of benzene rings is 1. The van der Waals surface area contributed by atoms with Crippen molar-refractivity contribution in [2.75, 3.05) is 0 Å². The van der Waals surface area contributed by atoms with Crippen LogP contribution in [-0.2, 0) is 0 Å². The molecule has 0 N–H and O–H groups in total. The van der Waals surface area contributed by atoms with E-state index in [0.717, 1.165) is 28.1 Å². The van der Waals surface area contributed by atoms with Gasteiger partial charge in [0.2, 0.25) is 0 Å². The largest absolute Gasteiger partial charge is 0.290 e. The van der Waals surface area contributed by atoms with Crippen LogP contribution in [0.2, 0.25) is 0 Å². The maximum Gasteiger partial charge on any atom is 0.163 e. The highest BCUT2D eigenvalue weighted by molar-refractivity contribution is 7.08. The summed E-state index contributed by atoms with van der Waals surface area (Å²) >= 11 is 1.64. The normalized spacial score (nSPS) is 11.0. The van der Waals surface area contributed by atoms with Gasteiger partial charge < -0.3 is 0 Å². The van der Waals surface area contributed by atoms with Crippen LogP contribution in [0.3, 0.4) is 0 Å². The number of aromatic nitrogens is 4. The van der Waals surface area contributed by atoms with Crippen LogP contribution in [0, 0.1) is 0 Å². The zero-order chi connectivity index (χ0) is 13.4. The Balaban J connectivity index is 2.05. The van der Waals surface area contributed by atoms with Crippen LogP contribution in [0.1, 0.15) is 0 Å². The van der Waals surface area contributed by atoms with Crippen molar-refractivity contribution < 1.29 is 0 Å². The van der Waals surface area contributed by atoms with Gasteiger partial charge in [0.1, 0.15) is 12.1 Å². The summed E-state index contributed by atoms with van der Waals surface area (Å²) in [6.07, 6.45) is 5.40. The molecule has 0 aliphatic carbocycles. The molecule has 96 valence electrons. The van der Waals surface area contributed by atoms with E-state index in [1.807, 2.05) is 46.5 Å². The molecule has 20 heavy (non-hydrogen) atoms. The number of hydrogen-bond acceptors (Lipinski definition) is 4. The molecule has 0 saturated heterocycles. The van der Waals surface area contributed by atoms with Crippen molar-refractivity contribution in [1.82, 2.24) is 19.5 Å². The summed E-state index contributed by atoms with van der Waals surface area (Å²) in [7, 11) is 0. The van der Waals surface area contributed by atoms with Crippen LogP contribution < -0.4 is 0 Å². The van der Waals surface area contributed by atoms with Crippen molar-refractivity contribution in [1.29, 1.82) is 0 Å². The Morgan fingerprint density at radius 2 is 2.00 bits per heavy atom. The molecular formula is C15H10N4S. The van der Waals surface area contributed by atoms with E-state index in [2.05, 4.69) is 15.3 Å². The van der Waals surface area contributed by atoms with Gasteiger partial charge in [0.05, 0.1) is 5.52 Å². The average molecular weight is 278 g/mol. The van der Waals surface area contributed by atoms with Gasteiger partial charge in [-0.2, -0.15) is 11.3 Å². The van der Waals surface area contributed by atoms with Gasteiger partial charge in [-0.3, -0.25) is 4.57 Å². The van der Waals surface area contributed by atoms with Gasteiger partial charge in [-0.05, 0) is 23.6 Å². The first-order chi connectivity index (χ1) is 9.92. The number of imidazole rings is 1. The maximum absolute atomic E-state index is 4.70. The van der Waals surface area contributed by atoms with Gasteiger partial charge in [0.15, 0.2) is 5.82 Å². The minimum Gasteiger partial charge on any atom is -0.290 e. The third kappa shape index (κ3) is 1.80. The van der Waals surface area contributed by atoms with Crippen molar-refractivity contribution in [3.8, 4) is 17.2 Å². The topological polar surface area (TPSA) is 43.6 Å². The number of hydrogen-bond donors (Lipinski definition) is 0. The Labute approximate surface area is 119 Å². The summed E-state index contributed by atoms with van der Waals surface area (Å²) in [5.41, 5.74) is 1.98. The van der Waals surface area contributed by atoms with E-state index >= 15 is 0 Å². The van der Waals surface area contributed by atoms with Crippen molar-refractivity contribution >= 4 is 22.2 Å². The van der Waals surface area contributed by atoms with E-state index in [1.165, 1.54) is 0 Å². The predicted octanol–water partition coefficient (Wildman–Crippen LogP) is 3.54.